The summed E-state index contributed by atoms with van der Waals surface area (Å²) in [6.07, 6.45) is 2.26. The molecule has 0 amide bonds. The third-order valence-corrected chi connectivity index (χ3v) is 3.25. The number of piperidine rings is 1. The Morgan fingerprint density at radius 1 is 1.31 bits per heavy atom. The third kappa shape index (κ3) is 2.74. The number of aliphatic hydroxyl groups excluding tert-OH is 1. The molecule has 0 aromatic heterocycles. The van der Waals surface area contributed by atoms with Crippen molar-refractivity contribution in [1.29, 1.82) is 0 Å². The van der Waals surface area contributed by atoms with Crippen LogP contribution in [0.25, 0.3) is 0 Å². The summed E-state index contributed by atoms with van der Waals surface area (Å²) in [5.41, 5.74) is 0.973. The van der Waals surface area contributed by atoms with Crippen molar-refractivity contribution in [1.82, 2.24) is 4.90 Å². The van der Waals surface area contributed by atoms with Crippen molar-refractivity contribution in [2.24, 2.45) is 5.92 Å². The minimum atomic E-state index is 0.275. The van der Waals surface area contributed by atoms with Gasteiger partial charge in [-0.25, -0.2) is 0 Å². The Balaban J connectivity index is 1.97. The molecule has 0 saturated carbocycles. The fourth-order valence-corrected chi connectivity index (χ4v) is 2.33. The third-order valence-electron chi connectivity index (χ3n) is 3.25. The summed E-state index contributed by atoms with van der Waals surface area (Å²) in [4.78, 5) is 2.30. The monoisotopic (exact) mass is 221 g/mol. The summed E-state index contributed by atoms with van der Waals surface area (Å²) in [5.74, 6) is 0.772. The van der Waals surface area contributed by atoms with Crippen molar-refractivity contribution in [3.63, 3.8) is 0 Å². The van der Waals surface area contributed by atoms with Crippen LogP contribution in [0.15, 0.2) is 24.3 Å². The molecule has 0 aliphatic carbocycles. The van der Waals surface area contributed by atoms with E-state index in [4.69, 9.17) is 5.11 Å². The molecular formula is C13H19NO2. The van der Waals surface area contributed by atoms with E-state index in [2.05, 4.69) is 4.90 Å². The van der Waals surface area contributed by atoms with Crippen LogP contribution in [0.2, 0.25) is 0 Å². The Labute approximate surface area is 96.3 Å². The van der Waals surface area contributed by atoms with Crippen LogP contribution in [0.3, 0.4) is 0 Å². The molecule has 1 heterocycles. The SMILES string of the molecule is OC[C@@H]1CCCN(Cc2ccccc2O)C1. The smallest absolute Gasteiger partial charge is 0.120 e. The molecule has 3 nitrogen and oxygen atoms in total. The summed E-state index contributed by atoms with van der Waals surface area (Å²) in [6.45, 7) is 3.05. The molecule has 1 atom stereocenters. The average Bonchev–Trinajstić information content (AvgIpc) is 2.32. The van der Waals surface area contributed by atoms with Crippen molar-refractivity contribution < 1.29 is 10.2 Å². The van der Waals surface area contributed by atoms with Gasteiger partial charge in [-0.2, -0.15) is 0 Å². The number of aliphatic hydroxyl groups is 1. The first-order valence-electron chi connectivity index (χ1n) is 5.89. The Morgan fingerprint density at radius 3 is 2.88 bits per heavy atom. The van der Waals surface area contributed by atoms with Gasteiger partial charge in [0.1, 0.15) is 5.75 Å². The number of aromatic hydroxyl groups is 1. The first-order chi connectivity index (χ1) is 7.79. The summed E-state index contributed by atoms with van der Waals surface area (Å²) < 4.78 is 0. The van der Waals surface area contributed by atoms with E-state index in [0.717, 1.165) is 38.0 Å². The molecule has 88 valence electrons. The number of nitrogens with zero attached hydrogens (tertiary/aromatic N) is 1. The topological polar surface area (TPSA) is 43.7 Å². The van der Waals surface area contributed by atoms with Gasteiger partial charge in [0, 0.05) is 25.3 Å². The minimum absolute atomic E-state index is 0.275. The molecule has 0 spiro atoms. The molecule has 1 fully saturated rings. The summed E-state index contributed by atoms with van der Waals surface area (Å²) in [6, 6.07) is 7.47. The van der Waals surface area contributed by atoms with Crippen molar-refractivity contribution in [2.75, 3.05) is 19.7 Å². The lowest BCUT2D eigenvalue weighted by Gasteiger charge is -2.31. The van der Waals surface area contributed by atoms with Gasteiger partial charge in [0.2, 0.25) is 0 Å². The number of para-hydroxylation sites is 1. The van der Waals surface area contributed by atoms with Gasteiger partial charge in [-0.15, -0.1) is 0 Å². The number of hydrogen-bond acceptors (Lipinski definition) is 3. The van der Waals surface area contributed by atoms with Gasteiger partial charge in [-0.1, -0.05) is 18.2 Å². The van der Waals surface area contributed by atoms with Crippen molar-refractivity contribution in [3.05, 3.63) is 29.8 Å². The molecule has 2 N–H and O–H groups in total. The number of hydrogen-bond donors (Lipinski definition) is 2. The van der Waals surface area contributed by atoms with E-state index < -0.39 is 0 Å². The summed E-state index contributed by atoms with van der Waals surface area (Å²) >= 11 is 0. The lowest BCUT2D eigenvalue weighted by atomic mass is 9.98. The second-order valence-electron chi connectivity index (χ2n) is 4.55. The zero-order valence-electron chi connectivity index (χ0n) is 9.47. The highest BCUT2D eigenvalue weighted by atomic mass is 16.3. The van der Waals surface area contributed by atoms with Gasteiger partial charge in [-0.05, 0) is 31.4 Å². The fourth-order valence-electron chi connectivity index (χ4n) is 2.33. The van der Waals surface area contributed by atoms with Crippen LogP contribution in [0.5, 0.6) is 5.75 Å². The van der Waals surface area contributed by atoms with Crippen LogP contribution < -0.4 is 0 Å². The second-order valence-corrected chi connectivity index (χ2v) is 4.55. The van der Waals surface area contributed by atoms with Crippen LogP contribution in [-0.4, -0.2) is 34.8 Å². The minimum Gasteiger partial charge on any atom is -0.508 e. The quantitative estimate of drug-likeness (QED) is 0.814. The lowest BCUT2D eigenvalue weighted by molar-refractivity contribution is 0.115. The number of phenolic OH excluding ortho intramolecular Hbond substituents is 1. The fraction of sp³-hybridized carbons (Fsp3) is 0.538. The Kier molecular flexibility index (Phi) is 3.80. The molecule has 0 radical (unpaired) electrons. The molecule has 3 heteroatoms. The maximum Gasteiger partial charge on any atom is 0.120 e. The molecule has 1 aliphatic rings. The Morgan fingerprint density at radius 2 is 2.12 bits per heavy atom. The number of likely N-dealkylation sites (tertiary alicyclic amines) is 1. The highest BCUT2D eigenvalue weighted by molar-refractivity contribution is 5.31. The van der Waals surface area contributed by atoms with E-state index >= 15 is 0 Å². The molecule has 1 aromatic carbocycles. The highest BCUT2D eigenvalue weighted by Crippen LogP contribution is 2.22. The maximum atomic E-state index is 9.69. The average molecular weight is 221 g/mol. The maximum absolute atomic E-state index is 9.69. The Hall–Kier alpha value is -1.06. The van der Waals surface area contributed by atoms with Gasteiger partial charge >= 0.3 is 0 Å². The van der Waals surface area contributed by atoms with Crippen LogP contribution >= 0.6 is 0 Å². The van der Waals surface area contributed by atoms with Crippen molar-refractivity contribution >= 4 is 0 Å². The van der Waals surface area contributed by atoms with Gasteiger partial charge < -0.3 is 10.2 Å². The summed E-state index contributed by atoms with van der Waals surface area (Å²) in [7, 11) is 0. The predicted octanol–water partition coefficient (Wildman–Crippen LogP) is 1.60. The normalized spacial score (nSPS) is 22.2. The Bertz CT molecular complexity index is 340. The lowest BCUT2D eigenvalue weighted by Crippen LogP contribution is -2.36. The summed E-state index contributed by atoms with van der Waals surface area (Å²) in [5, 5.41) is 18.8. The van der Waals surface area contributed by atoms with Gasteiger partial charge in [0.05, 0.1) is 0 Å². The number of benzene rings is 1. The van der Waals surface area contributed by atoms with E-state index in [1.807, 2.05) is 18.2 Å². The number of rotatable bonds is 3. The zero-order chi connectivity index (χ0) is 11.4. The van der Waals surface area contributed by atoms with E-state index in [1.165, 1.54) is 0 Å². The number of phenols is 1. The molecule has 2 rings (SSSR count). The van der Waals surface area contributed by atoms with Crippen LogP contribution in [0.4, 0.5) is 0 Å². The van der Waals surface area contributed by atoms with E-state index in [0.29, 0.717) is 11.7 Å². The van der Waals surface area contributed by atoms with Gasteiger partial charge in [0.15, 0.2) is 0 Å². The van der Waals surface area contributed by atoms with Crippen molar-refractivity contribution in [2.45, 2.75) is 19.4 Å². The van der Waals surface area contributed by atoms with Crippen LogP contribution in [0, 0.1) is 5.92 Å². The van der Waals surface area contributed by atoms with E-state index in [-0.39, 0.29) is 6.61 Å². The predicted molar refractivity (Wildman–Crippen MR) is 63.2 cm³/mol. The largest absolute Gasteiger partial charge is 0.508 e. The molecular weight excluding hydrogens is 202 g/mol. The standard InChI is InChI=1S/C13H19NO2/c15-10-11-4-3-7-14(8-11)9-12-5-1-2-6-13(12)16/h1-2,5-6,11,15-16H,3-4,7-10H2/t11-/m1/s1. The molecule has 1 aromatic rings. The van der Waals surface area contributed by atoms with Gasteiger partial charge in [0.25, 0.3) is 0 Å². The molecule has 0 bridgehead atoms. The van der Waals surface area contributed by atoms with Crippen LogP contribution in [0.1, 0.15) is 18.4 Å². The van der Waals surface area contributed by atoms with Gasteiger partial charge in [-0.3, -0.25) is 4.90 Å². The van der Waals surface area contributed by atoms with Crippen LogP contribution in [-0.2, 0) is 6.54 Å². The first kappa shape index (κ1) is 11.4. The molecule has 16 heavy (non-hydrogen) atoms. The molecule has 1 saturated heterocycles. The van der Waals surface area contributed by atoms with E-state index in [1.54, 1.807) is 6.07 Å². The molecule has 1 aliphatic heterocycles. The first-order valence-corrected chi connectivity index (χ1v) is 5.89. The molecule has 0 unspecified atom stereocenters. The highest BCUT2D eigenvalue weighted by Gasteiger charge is 2.19. The zero-order valence-corrected chi connectivity index (χ0v) is 9.47. The van der Waals surface area contributed by atoms with Crippen molar-refractivity contribution in [3.8, 4) is 5.75 Å². The second kappa shape index (κ2) is 5.32. The van der Waals surface area contributed by atoms with E-state index in [9.17, 15) is 5.11 Å².